The Kier molecular flexibility index (Phi) is 3.81. The number of piperazine rings is 1. The van der Waals surface area contributed by atoms with Gasteiger partial charge in [-0.3, -0.25) is 4.79 Å². The second kappa shape index (κ2) is 5.35. The van der Waals surface area contributed by atoms with Gasteiger partial charge in [-0.15, -0.1) is 0 Å². The largest absolute Gasteiger partial charge is 0.368 e. The average Bonchev–Trinajstić information content (AvgIpc) is 2.38. The predicted octanol–water partition coefficient (Wildman–Crippen LogP) is 0.692. The highest BCUT2D eigenvalue weighted by atomic mass is 19.1. The summed E-state index contributed by atoms with van der Waals surface area (Å²) < 4.78 is 12.9. The molecule has 2 rings (SSSR count). The van der Waals surface area contributed by atoms with E-state index in [4.69, 9.17) is 0 Å². The molecule has 0 saturated carbocycles. The van der Waals surface area contributed by atoms with Crippen molar-refractivity contribution in [3.05, 3.63) is 30.1 Å². The summed E-state index contributed by atoms with van der Waals surface area (Å²) in [7, 11) is 3.50. The fraction of sp³-hybridized carbons (Fsp3) is 0.462. The standard InChI is InChI=1S/C13H18FN3O/c1-16(2)13(18)12-9-17(8-7-15-12)11-5-3-10(14)4-6-11/h3-6,12,15H,7-9H2,1-2H3/t12-/m1/s1. The number of carbonyl (C=O) groups excluding carboxylic acids is 1. The molecule has 0 unspecified atom stereocenters. The van der Waals surface area contributed by atoms with Crippen molar-refractivity contribution in [2.24, 2.45) is 0 Å². The maximum Gasteiger partial charge on any atom is 0.241 e. The highest BCUT2D eigenvalue weighted by Gasteiger charge is 2.26. The van der Waals surface area contributed by atoms with E-state index in [1.165, 1.54) is 12.1 Å². The maximum absolute atomic E-state index is 12.9. The molecule has 98 valence electrons. The normalized spacial score (nSPS) is 19.7. The van der Waals surface area contributed by atoms with E-state index in [0.717, 1.165) is 18.8 Å². The zero-order valence-electron chi connectivity index (χ0n) is 10.7. The number of halogens is 1. The number of hydrogen-bond donors (Lipinski definition) is 1. The van der Waals surface area contributed by atoms with Crippen LogP contribution in [0.1, 0.15) is 0 Å². The monoisotopic (exact) mass is 251 g/mol. The van der Waals surface area contributed by atoms with Crippen LogP contribution in [0.15, 0.2) is 24.3 Å². The molecule has 4 nitrogen and oxygen atoms in total. The van der Waals surface area contributed by atoms with Crippen molar-refractivity contribution in [1.29, 1.82) is 0 Å². The van der Waals surface area contributed by atoms with E-state index in [1.54, 1.807) is 31.1 Å². The van der Waals surface area contributed by atoms with Crippen LogP contribution in [0.3, 0.4) is 0 Å². The molecule has 1 fully saturated rings. The summed E-state index contributed by atoms with van der Waals surface area (Å²) >= 11 is 0. The summed E-state index contributed by atoms with van der Waals surface area (Å²) in [5.74, 6) is -0.170. The van der Waals surface area contributed by atoms with Crippen molar-refractivity contribution in [2.45, 2.75) is 6.04 Å². The van der Waals surface area contributed by atoms with Gasteiger partial charge in [-0.2, -0.15) is 0 Å². The van der Waals surface area contributed by atoms with Gasteiger partial charge in [-0.25, -0.2) is 4.39 Å². The zero-order chi connectivity index (χ0) is 13.1. The van der Waals surface area contributed by atoms with Gasteiger partial charge in [0.2, 0.25) is 5.91 Å². The number of carbonyl (C=O) groups is 1. The first-order valence-electron chi connectivity index (χ1n) is 6.03. The lowest BCUT2D eigenvalue weighted by Gasteiger charge is -2.35. The summed E-state index contributed by atoms with van der Waals surface area (Å²) in [6, 6.07) is 6.19. The summed E-state index contributed by atoms with van der Waals surface area (Å²) in [5, 5.41) is 3.20. The molecule has 1 aromatic carbocycles. The summed E-state index contributed by atoms with van der Waals surface area (Å²) in [6.45, 7) is 2.19. The minimum atomic E-state index is -0.241. The molecule has 0 aliphatic carbocycles. The third-order valence-corrected chi connectivity index (χ3v) is 3.11. The number of nitrogens with zero attached hydrogens (tertiary/aromatic N) is 2. The van der Waals surface area contributed by atoms with E-state index in [0.29, 0.717) is 6.54 Å². The Morgan fingerprint density at radius 3 is 2.67 bits per heavy atom. The topological polar surface area (TPSA) is 35.6 Å². The van der Waals surface area contributed by atoms with Crippen molar-refractivity contribution < 1.29 is 9.18 Å². The van der Waals surface area contributed by atoms with Crippen molar-refractivity contribution in [3.63, 3.8) is 0 Å². The van der Waals surface area contributed by atoms with Crippen LogP contribution < -0.4 is 10.2 Å². The molecule has 1 atom stereocenters. The summed E-state index contributed by atoms with van der Waals surface area (Å²) in [4.78, 5) is 15.6. The van der Waals surface area contributed by atoms with Gasteiger partial charge >= 0.3 is 0 Å². The number of hydrogen-bond acceptors (Lipinski definition) is 3. The molecule has 1 aliphatic rings. The van der Waals surface area contributed by atoms with Crippen molar-refractivity contribution in [1.82, 2.24) is 10.2 Å². The molecule has 5 heteroatoms. The third kappa shape index (κ3) is 2.79. The first kappa shape index (κ1) is 12.8. The van der Waals surface area contributed by atoms with Crippen LogP contribution >= 0.6 is 0 Å². The molecule has 1 saturated heterocycles. The van der Waals surface area contributed by atoms with Gasteiger partial charge in [-0.1, -0.05) is 0 Å². The minimum absolute atomic E-state index is 0.0711. The van der Waals surface area contributed by atoms with Crippen LogP contribution in [-0.4, -0.2) is 50.6 Å². The molecule has 1 amide bonds. The van der Waals surface area contributed by atoms with E-state index >= 15 is 0 Å². The highest BCUT2D eigenvalue weighted by molar-refractivity contribution is 5.82. The summed E-state index contributed by atoms with van der Waals surface area (Å²) in [6.07, 6.45) is 0. The Labute approximate surface area is 106 Å². The van der Waals surface area contributed by atoms with Crippen LogP contribution in [0.2, 0.25) is 0 Å². The van der Waals surface area contributed by atoms with E-state index in [1.807, 2.05) is 0 Å². The van der Waals surface area contributed by atoms with Gasteiger partial charge < -0.3 is 15.1 Å². The number of nitrogens with one attached hydrogen (secondary N) is 1. The Hall–Kier alpha value is -1.62. The first-order chi connectivity index (χ1) is 8.58. The van der Waals surface area contributed by atoms with Crippen LogP contribution in [0.25, 0.3) is 0 Å². The molecule has 18 heavy (non-hydrogen) atoms. The maximum atomic E-state index is 12.9. The van der Waals surface area contributed by atoms with Crippen LogP contribution in [-0.2, 0) is 4.79 Å². The number of likely N-dealkylation sites (N-methyl/N-ethyl adjacent to an activating group) is 1. The van der Waals surface area contributed by atoms with Crippen LogP contribution in [0.5, 0.6) is 0 Å². The third-order valence-electron chi connectivity index (χ3n) is 3.11. The van der Waals surface area contributed by atoms with E-state index < -0.39 is 0 Å². The smallest absolute Gasteiger partial charge is 0.241 e. The molecule has 0 aromatic heterocycles. The Morgan fingerprint density at radius 2 is 2.06 bits per heavy atom. The van der Waals surface area contributed by atoms with E-state index in [-0.39, 0.29) is 17.8 Å². The number of benzene rings is 1. The number of amides is 1. The first-order valence-corrected chi connectivity index (χ1v) is 6.03. The number of anilines is 1. The molecule has 0 spiro atoms. The van der Waals surface area contributed by atoms with Crippen molar-refractivity contribution >= 4 is 11.6 Å². The Balaban J connectivity index is 2.07. The van der Waals surface area contributed by atoms with Gasteiger partial charge in [0.05, 0.1) is 0 Å². The second-order valence-corrected chi connectivity index (χ2v) is 4.66. The van der Waals surface area contributed by atoms with Crippen molar-refractivity contribution in [2.75, 3.05) is 38.6 Å². The zero-order valence-corrected chi connectivity index (χ0v) is 10.7. The Morgan fingerprint density at radius 1 is 1.39 bits per heavy atom. The second-order valence-electron chi connectivity index (χ2n) is 4.66. The fourth-order valence-electron chi connectivity index (χ4n) is 2.11. The molecule has 0 radical (unpaired) electrons. The molecule has 1 aliphatic heterocycles. The van der Waals surface area contributed by atoms with Gasteiger partial charge in [0.1, 0.15) is 11.9 Å². The lowest BCUT2D eigenvalue weighted by atomic mass is 10.1. The van der Waals surface area contributed by atoms with Crippen LogP contribution in [0, 0.1) is 5.82 Å². The van der Waals surface area contributed by atoms with Gasteiger partial charge in [0.15, 0.2) is 0 Å². The van der Waals surface area contributed by atoms with Gasteiger partial charge in [0.25, 0.3) is 0 Å². The predicted molar refractivity (Wildman–Crippen MR) is 69.1 cm³/mol. The molecule has 1 aromatic rings. The molecular weight excluding hydrogens is 233 g/mol. The SMILES string of the molecule is CN(C)C(=O)[C@H]1CN(c2ccc(F)cc2)CCN1. The molecular formula is C13H18FN3O. The lowest BCUT2D eigenvalue weighted by Crippen LogP contribution is -2.57. The van der Waals surface area contributed by atoms with Gasteiger partial charge in [-0.05, 0) is 24.3 Å². The Bertz CT molecular complexity index is 419. The van der Waals surface area contributed by atoms with E-state index in [2.05, 4.69) is 10.2 Å². The lowest BCUT2D eigenvalue weighted by molar-refractivity contribution is -0.130. The molecule has 1 heterocycles. The average molecular weight is 251 g/mol. The fourth-order valence-corrected chi connectivity index (χ4v) is 2.11. The van der Waals surface area contributed by atoms with Crippen molar-refractivity contribution in [3.8, 4) is 0 Å². The quantitative estimate of drug-likeness (QED) is 0.840. The molecule has 0 bridgehead atoms. The van der Waals surface area contributed by atoms with Crippen LogP contribution in [0.4, 0.5) is 10.1 Å². The highest BCUT2D eigenvalue weighted by Crippen LogP contribution is 2.16. The number of rotatable bonds is 2. The summed E-state index contributed by atoms with van der Waals surface area (Å²) in [5.41, 5.74) is 0.953. The molecule has 1 N–H and O–H groups in total. The van der Waals surface area contributed by atoms with E-state index in [9.17, 15) is 9.18 Å². The van der Waals surface area contributed by atoms with Gasteiger partial charge in [0, 0.05) is 39.4 Å². The minimum Gasteiger partial charge on any atom is -0.368 e.